The van der Waals surface area contributed by atoms with Crippen LogP contribution in [0.5, 0.6) is 0 Å². The predicted octanol–water partition coefficient (Wildman–Crippen LogP) is 1.98. The third-order valence-electron chi connectivity index (χ3n) is 3.25. The van der Waals surface area contributed by atoms with Crippen LogP contribution in [0.2, 0.25) is 5.02 Å². The van der Waals surface area contributed by atoms with Gasteiger partial charge in [0.05, 0.1) is 10.7 Å². The minimum atomic E-state index is 0.767. The number of rotatable bonds is 1. The van der Waals surface area contributed by atoms with Gasteiger partial charge in [0.1, 0.15) is 0 Å². The van der Waals surface area contributed by atoms with Gasteiger partial charge >= 0.3 is 0 Å². The van der Waals surface area contributed by atoms with Gasteiger partial charge in [0.2, 0.25) is 0 Å². The number of piperazine rings is 1. The second kappa shape index (κ2) is 4.52. The molecule has 0 saturated carbocycles. The zero-order valence-electron chi connectivity index (χ0n) is 9.83. The molecule has 0 aromatic heterocycles. The summed E-state index contributed by atoms with van der Waals surface area (Å²) in [5.41, 5.74) is 8.69. The van der Waals surface area contributed by atoms with Crippen LogP contribution in [-0.2, 0) is 0 Å². The molecule has 0 unspecified atom stereocenters. The van der Waals surface area contributed by atoms with Crippen molar-refractivity contribution in [2.24, 2.45) is 0 Å². The maximum absolute atomic E-state index is 6.33. The van der Waals surface area contributed by atoms with Crippen LogP contribution in [0.1, 0.15) is 5.56 Å². The van der Waals surface area contributed by atoms with E-state index in [-0.39, 0.29) is 0 Å². The fourth-order valence-electron chi connectivity index (χ4n) is 1.98. The Balaban J connectivity index is 2.24. The topological polar surface area (TPSA) is 32.5 Å². The third-order valence-corrected chi connectivity index (χ3v) is 3.73. The van der Waals surface area contributed by atoms with Crippen LogP contribution in [0.25, 0.3) is 0 Å². The van der Waals surface area contributed by atoms with Crippen LogP contribution in [0.3, 0.4) is 0 Å². The quantitative estimate of drug-likeness (QED) is 0.761. The number of halogens is 1. The highest BCUT2D eigenvalue weighted by Crippen LogP contribution is 2.32. The molecule has 2 N–H and O–H groups in total. The SMILES string of the molecule is Cc1c(N)ccc(N2CCN(C)CC2)c1Cl. The monoisotopic (exact) mass is 239 g/mol. The maximum Gasteiger partial charge on any atom is 0.0689 e. The largest absolute Gasteiger partial charge is 0.398 e. The summed E-state index contributed by atoms with van der Waals surface area (Å²) in [6, 6.07) is 3.96. The molecule has 4 heteroatoms. The van der Waals surface area contributed by atoms with E-state index in [0.717, 1.165) is 48.1 Å². The molecule has 0 atom stereocenters. The Morgan fingerprint density at radius 2 is 1.81 bits per heavy atom. The van der Waals surface area contributed by atoms with Gasteiger partial charge in [-0.1, -0.05) is 11.6 Å². The van der Waals surface area contributed by atoms with Crippen LogP contribution in [-0.4, -0.2) is 38.1 Å². The maximum atomic E-state index is 6.33. The van der Waals surface area contributed by atoms with Gasteiger partial charge in [-0.15, -0.1) is 0 Å². The van der Waals surface area contributed by atoms with Gasteiger partial charge in [0.25, 0.3) is 0 Å². The summed E-state index contributed by atoms with van der Waals surface area (Å²) in [7, 11) is 2.15. The second-order valence-corrected chi connectivity index (χ2v) is 4.78. The summed E-state index contributed by atoms with van der Waals surface area (Å²) in [5.74, 6) is 0. The molecule has 1 aliphatic rings. The van der Waals surface area contributed by atoms with Crippen LogP contribution < -0.4 is 10.6 Å². The molecular weight excluding hydrogens is 222 g/mol. The van der Waals surface area contributed by atoms with Crippen molar-refractivity contribution >= 4 is 23.0 Å². The van der Waals surface area contributed by atoms with Crippen molar-refractivity contribution in [3.63, 3.8) is 0 Å². The van der Waals surface area contributed by atoms with Crippen LogP contribution in [0, 0.1) is 6.92 Å². The number of nitrogens with zero attached hydrogens (tertiary/aromatic N) is 2. The van der Waals surface area contributed by atoms with Crippen LogP contribution in [0.15, 0.2) is 12.1 Å². The van der Waals surface area contributed by atoms with Gasteiger partial charge in [0, 0.05) is 31.9 Å². The van der Waals surface area contributed by atoms with E-state index in [2.05, 4.69) is 16.8 Å². The molecule has 16 heavy (non-hydrogen) atoms. The molecule has 0 bridgehead atoms. The number of hydrogen-bond acceptors (Lipinski definition) is 3. The lowest BCUT2D eigenvalue weighted by Crippen LogP contribution is -2.44. The average molecular weight is 240 g/mol. The van der Waals surface area contributed by atoms with Crippen molar-refractivity contribution in [1.82, 2.24) is 4.90 Å². The van der Waals surface area contributed by atoms with Crippen LogP contribution >= 0.6 is 11.6 Å². The van der Waals surface area contributed by atoms with Crippen molar-refractivity contribution in [3.8, 4) is 0 Å². The number of nitrogens with two attached hydrogens (primary N) is 1. The van der Waals surface area contributed by atoms with E-state index in [4.69, 9.17) is 17.3 Å². The number of likely N-dealkylation sites (N-methyl/N-ethyl adjacent to an activating group) is 1. The summed E-state index contributed by atoms with van der Waals surface area (Å²) >= 11 is 6.33. The van der Waals surface area contributed by atoms with Crippen molar-refractivity contribution in [3.05, 3.63) is 22.7 Å². The molecule has 0 aliphatic carbocycles. The van der Waals surface area contributed by atoms with Crippen molar-refractivity contribution in [2.45, 2.75) is 6.92 Å². The minimum Gasteiger partial charge on any atom is -0.398 e. The molecule has 88 valence electrons. The standard InChI is InChI=1S/C12H18ClN3/c1-9-10(14)3-4-11(12(9)13)16-7-5-15(2)6-8-16/h3-4H,5-8,14H2,1-2H3. The summed E-state index contributed by atoms with van der Waals surface area (Å²) < 4.78 is 0. The van der Waals surface area contributed by atoms with E-state index < -0.39 is 0 Å². The Bertz CT molecular complexity index is 384. The number of anilines is 2. The zero-order chi connectivity index (χ0) is 11.7. The average Bonchev–Trinajstić information content (AvgIpc) is 2.28. The molecule has 1 aromatic rings. The molecule has 1 heterocycles. The molecule has 1 saturated heterocycles. The number of hydrogen-bond donors (Lipinski definition) is 1. The van der Waals surface area contributed by atoms with Gasteiger partial charge in [-0.25, -0.2) is 0 Å². The summed E-state index contributed by atoms with van der Waals surface area (Å²) in [6.07, 6.45) is 0. The van der Waals surface area contributed by atoms with Gasteiger partial charge in [0.15, 0.2) is 0 Å². The lowest BCUT2D eigenvalue weighted by atomic mass is 10.1. The van der Waals surface area contributed by atoms with Crippen LogP contribution in [0.4, 0.5) is 11.4 Å². The Labute approximate surface area is 102 Å². The number of nitrogen functional groups attached to an aromatic ring is 1. The molecule has 0 radical (unpaired) electrons. The normalized spacial score (nSPS) is 17.8. The van der Waals surface area contributed by atoms with E-state index in [9.17, 15) is 0 Å². The molecule has 1 aromatic carbocycles. The Morgan fingerprint density at radius 3 is 2.44 bits per heavy atom. The van der Waals surface area contributed by atoms with Gasteiger partial charge in [-0.05, 0) is 31.7 Å². The van der Waals surface area contributed by atoms with E-state index in [0.29, 0.717) is 0 Å². The smallest absolute Gasteiger partial charge is 0.0689 e. The van der Waals surface area contributed by atoms with Gasteiger partial charge in [-0.2, -0.15) is 0 Å². The second-order valence-electron chi connectivity index (χ2n) is 4.40. The molecule has 1 aliphatic heterocycles. The van der Waals surface area contributed by atoms with Crippen molar-refractivity contribution < 1.29 is 0 Å². The molecule has 3 nitrogen and oxygen atoms in total. The highest BCUT2D eigenvalue weighted by molar-refractivity contribution is 6.34. The zero-order valence-corrected chi connectivity index (χ0v) is 10.6. The third kappa shape index (κ3) is 2.11. The predicted molar refractivity (Wildman–Crippen MR) is 70.3 cm³/mol. The molecular formula is C12H18ClN3. The van der Waals surface area contributed by atoms with Crippen molar-refractivity contribution in [1.29, 1.82) is 0 Å². The highest BCUT2D eigenvalue weighted by Gasteiger charge is 2.17. The molecule has 2 rings (SSSR count). The first-order valence-electron chi connectivity index (χ1n) is 5.57. The lowest BCUT2D eigenvalue weighted by Gasteiger charge is -2.34. The first kappa shape index (κ1) is 11.6. The molecule has 0 spiro atoms. The minimum absolute atomic E-state index is 0.767. The Hall–Kier alpha value is -0.930. The lowest BCUT2D eigenvalue weighted by molar-refractivity contribution is 0.313. The fourth-order valence-corrected chi connectivity index (χ4v) is 2.27. The van der Waals surface area contributed by atoms with E-state index >= 15 is 0 Å². The summed E-state index contributed by atoms with van der Waals surface area (Å²) in [4.78, 5) is 4.66. The Morgan fingerprint density at radius 1 is 1.19 bits per heavy atom. The molecule has 1 fully saturated rings. The molecule has 0 amide bonds. The number of benzene rings is 1. The fraction of sp³-hybridized carbons (Fsp3) is 0.500. The summed E-state index contributed by atoms with van der Waals surface area (Å²) in [6.45, 7) is 6.19. The van der Waals surface area contributed by atoms with Crippen molar-refractivity contribution in [2.75, 3.05) is 43.9 Å². The van der Waals surface area contributed by atoms with E-state index in [1.807, 2.05) is 19.1 Å². The highest BCUT2D eigenvalue weighted by atomic mass is 35.5. The van der Waals surface area contributed by atoms with E-state index in [1.54, 1.807) is 0 Å². The van der Waals surface area contributed by atoms with Gasteiger partial charge < -0.3 is 15.5 Å². The summed E-state index contributed by atoms with van der Waals surface area (Å²) in [5, 5.41) is 0.796. The first-order valence-corrected chi connectivity index (χ1v) is 5.95. The van der Waals surface area contributed by atoms with Gasteiger partial charge in [-0.3, -0.25) is 0 Å². The van der Waals surface area contributed by atoms with E-state index in [1.165, 1.54) is 0 Å². The Kier molecular flexibility index (Phi) is 3.26. The first-order chi connectivity index (χ1) is 7.59.